The average molecular weight is 196 g/mol. The lowest BCUT2D eigenvalue weighted by Gasteiger charge is -2.09. The smallest absolute Gasteiger partial charge is 0.310 e. The summed E-state index contributed by atoms with van der Waals surface area (Å²) in [4.78, 5) is 11.0. The van der Waals surface area contributed by atoms with Crippen molar-refractivity contribution in [2.24, 2.45) is 0 Å². The number of para-hydroxylation sites is 1. The Morgan fingerprint density at radius 1 is 1.50 bits per heavy atom. The molecule has 2 nitrogen and oxygen atoms in total. The molecule has 0 radical (unpaired) electrons. The summed E-state index contributed by atoms with van der Waals surface area (Å²) in [5, 5.41) is 0. The quantitative estimate of drug-likeness (QED) is 0.548. The van der Waals surface area contributed by atoms with E-state index in [2.05, 4.69) is 0 Å². The maximum absolute atomic E-state index is 13.1. The second-order valence-electron chi connectivity index (χ2n) is 2.98. The number of alkyl halides is 1. The van der Waals surface area contributed by atoms with Gasteiger partial charge in [-0.1, -0.05) is 25.1 Å². The minimum absolute atomic E-state index is 0.287. The number of hydrogen-bond donors (Lipinski definition) is 0. The van der Waals surface area contributed by atoms with E-state index in [4.69, 9.17) is 4.74 Å². The fraction of sp³-hybridized carbons (Fsp3) is 0.364. The fourth-order valence-electron chi connectivity index (χ4n) is 1.10. The Kier molecular flexibility index (Phi) is 3.63. The summed E-state index contributed by atoms with van der Waals surface area (Å²) in [6.45, 7) is 3.11. The summed E-state index contributed by atoms with van der Waals surface area (Å²) in [7, 11) is 0. The van der Waals surface area contributed by atoms with E-state index in [1.54, 1.807) is 31.2 Å². The zero-order chi connectivity index (χ0) is 10.6. The predicted molar refractivity (Wildman–Crippen MR) is 51.9 cm³/mol. The number of halogens is 1. The van der Waals surface area contributed by atoms with Gasteiger partial charge in [0, 0.05) is 12.0 Å². The van der Waals surface area contributed by atoms with Gasteiger partial charge in [-0.15, -0.1) is 0 Å². The number of carbonyl (C=O) groups is 1. The van der Waals surface area contributed by atoms with Crippen LogP contribution in [0.1, 0.15) is 32.0 Å². The van der Waals surface area contributed by atoms with Crippen LogP contribution in [0, 0.1) is 0 Å². The Morgan fingerprint density at radius 2 is 2.14 bits per heavy atom. The van der Waals surface area contributed by atoms with Gasteiger partial charge in [-0.25, -0.2) is 4.39 Å². The van der Waals surface area contributed by atoms with Gasteiger partial charge in [0.15, 0.2) is 0 Å². The Morgan fingerprint density at radius 3 is 2.71 bits per heavy atom. The highest BCUT2D eigenvalue weighted by Gasteiger charge is 2.11. The third kappa shape index (κ3) is 2.55. The Labute approximate surface area is 82.7 Å². The van der Waals surface area contributed by atoms with Crippen molar-refractivity contribution in [1.29, 1.82) is 0 Å². The molecule has 0 amide bonds. The molecule has 0 spiro atoms. The van der Waals surface area contributed by atoms with Gasteiger partial charge in [0.1, 0.15) is 11.9 Å². The molecule has 3 heteroatoms. The number of rotatable bonds is 3. The number of carbonyl (C=O) groups excluding carboxylic acids is 1. The molecule has 0 aliphatic heterocycles. The molecule has 14 heavy (non-hydrogen) atoms. The van der Waals surface area contributed by atoms with Crippen molar-refractivity contribution < 1.29 is 13.9 Å². The van der Waals surface area contributed by atoms with Crippen LogP contribution in [0.4, 0.5) is 4.39 Å². The third-order valence-corrected chi connectivity index (χ3v) is 1.86. The third-order valence-electron chi connectivity index (χ3n) is 1.86. The van der Waals surface area contributed by atoms with Gasteiger partial charge >= 0.3 is 5.97 Å². The van der Waals surface area contributed by atoms with Gasteiger partial charge in [-0.2, -0.15) is 0 Å². The van der Waals surface area contributed by atoms with Gasteiger partial charge in [-0.3, -0.25) is 4.79 Å². The minimum atomic E-state index is -1.13. The first-order valence-electron chi connectivity index (χ1n) is 4.58. The predicted octanol–water partition coefficient (Wildman–Crippen LogP) is 3.03. The molecular weight excluding hydrogens is 183 g/mol. The van der Waals surface area contributed by atoms with Gasteiger partial charge in [0.2, 0.25) is 0 Å². The lowest BCUT2D eigenvalue weighted by Crippen LogP contribution is -2.07. The van der Waals surface area contributed by atoms with E-state index < -0.39 is 6.17 Å². The largest absolute Gasteiger partial charge is 0.426 e. The fourth-order valence-corrected chi connectivity index (χ4v) is 1.10. The van der Waals surface area contributed by atoms with E-state index in [9.17, 15) is 9.18 Å². The summed E-state index contributed by atoms with van der Waals surface area (Å²) in [5.41, 5.74) is 0.411. The molecule has 0 heterocycles. The van der Waals surface area contributed by atoms with Gasteiger partial charge < -0.3 is 4.74 Å². The first kappa shape index (κ1) is 10.7. The standard InChI is InChI=1S/C11H13FO2/c1-3-11(13)14-10-7-5-4-6-9(10)8(2)12/h4-8H,3H2,1-2H3. The van der Waals surface area contributed by atoms with Crippen LogP contribution in [-0.2, 0) is 4.79 Å². The van der Waals surface area contributed by atoms with E-state index in [1.165, 1.54) is 6.92 Å². The molecule has 0 N–H and O–H groups in total. The molecule has 0 aromatic heterocycles. The molecule has 1 aromatic carbocycles. The summed E-state index contributed by atoms with van der Waals surface area (Å²) >= 11 is 0. The van der Waals surface area contributed by atoms with Crippen molar-refractivity contribution in [3.05, 3.63) is 29.8 Å². The second kappa shape index (κ2) is 4.74. The van der Waals surface area contributed by atoms with Crippen molar-refractivity contribution in [3.63, 3.8) is 0 Å². The molecule has 1 rings (SSSR count). The second-order valence-corrected chi connectivity index (χ2v) is 2.98. The van der Waals surface area contributed by atoms with Crippen LogP contribution < -0.4 is 4.74 Å². The van der Waals surface area contributed by atoms with Crippen molar-refractivity contribution in [2.75, 3.05) is 0 Å². The Bertz CT molecular complexity index is 321. The normalized spacial score (nSPS) is 12.2. The Hall–Kier alpha value is -1.38. The molecule has 0 fully saturated rings. The van der Waals surface area contributed by atoms with Crippen LogP contribution >= 0.6 is 0 Å². The molecule has 0 bridgehead atoms. The van der Waals surface area contributed by atoms with Crippen LogP contribution in [0.25, 0.3) is 0 Å². The van der Waals surface area contributed by atoms with Crippen molar-refractivity contribution in [1.82, 2.24) is 0 Å². The number of hydrogen-bond acceptors (Lipinski definition) is 2. The molecule has 0 saturated carbocycles. The lowest BCUT2D eigenvalue weighted by atomic mass is 10.1. The number of benzene rings is 1. The van der Waals surface area contributed by atoms with Crippen molar-refractivity contribution in [3.8, 4) is 5.75 Å². The van der Waals surface area contributed by atoms with E-state index in [-0.39, 0.29) is 12.4 Å². The highest BCUT2D eigenvalue weighted by Crippen LogP contribution is 2.27. The van der Waals surface area contributed by atoms with Crippen LogP contribution in [-0.4, -0.2) is 5.97 Å². The van der Waals surface area contributed by atoms with Crippen LogP contribution in [0.2, 0.25) is 0 Å². The minimum Gasteiger partial charge on any atom is -0.426 e. The number of ether oxygens (including phenoxy) is 1. The molecule has 1 aromatic rings. The highest BCUT2D eigenvalue weighted by atomic mass is 19.1. The molecular formula is C11H13FO2. The average Bonchev–Trinajstić information content (AvgIpc) is 2.18. The van der Waals surface area contributed by atoms with Crippen LogP contribution in [0.3, 0.4) is 0 Å². The molecule has 1 atom stereocenters. The van der Waals surface area contributed by atoms with E-state index >= 15 is 0 Å². The van der Waals surface area contributed by atoms with Crippen molar-refractivity contribution in [2.45, 2.75) is 26.4 Å². The van der Waals surface area contributed by atoms with Crippen molar-refractivity contribution >= 4 is 5.97 Å². The molecule has 1 unspecified atom stereocenters. The maximum atomic E-state index is 13.1. The summed E-state index contributed by atoms with van der Waals surface area (Å²) in [5.74, 6) is -0.0348. The highest BCUT2D eigenvalue weighted by molar-refractivity contribution is 5.72. The lowest BCUT2D eigenvalue weighted by molar-refractivity contribution is -0.134. The molecule has 0 saturated heterocycles. The first-order valence-corrected chi connectivity index (χ1v) is 4.58. The zero-order valence-corrected chi connectivity index (χ0v) is 8.29. The number of esters is 1. The summed E-state index contributed by atoms with van der Waals surface area (Å²) < 4.78 is 18.0. The van der Waals surface area contributed by atoms with E-state index in [0.717, 1.165) is 0 Å². The van der Waals surface area contributed by atoms with Crippen LogP contribution in [0.5, 0.6) is 5.75 Å². The Balaban J connectivity index is 2.90. The molecule has 0 aliphatic rings. The maximum Gasteiger partial charge on any atom is 0.310 e. The van der Waals surface area contributed by atoms with Gasteiger partial charge in [-0.05, 0) is 13.0 Å². The van der Waals surface area contributed by atoms with E-state index in [0.29, 0.717) is 11.3 Å². The van der Waals surface area contributed by atoms with Gasteiger partial charge in [0.25, 0.3) is 0 Å². The molecule has 0 aliphatic carbocycles. The summed E-state index contributed by atoms with van der Waals surface area (Å²) in [6, 6.07) is 6.64. The monoisotopic (exact) mass is 196 g/mol. The topological polar surface area (TPSA) is 26.3 Å². The van der Waals surface area contributed by atoms with Crippen LogP contribution in [0.15, 0.2) is 24.3 Å². The SMILES string of the molecule is CCC(=O)Oc1ccccc1C(C)F. The zero-order valence-electron chi connectivity index (χ0n) is 8.29. The summed E-state index contributed by atoms with van der Waals surface area (Å²) in [6.07, 6.45) is -0.842. The first-order chi connectivity index (χ1) is 6.65. The van der Waals surface area contributed by atoms with Gasteiger partial charge in [0.05, 0.1) is 0 Å². The van der Waals surface area contributed by atoms with E-state index in [1.807, 2.05) is 0 Å². The molecule has 76 valence electrons.